The SMILES string of the molecule is O=S(=O)(NCc1ccc(F)c(Cl)c1)c1ccc(O)cc1. The monoisotopic (exact) mass is 315 g/mol. The predicted molar refractivity (Wildman–Crippen MR) is 73.5 cm³/mol. The van der Waals surface area contributed by atoms with Gasteiger partial charge in [0.25, 0.3) is 0 Å². The third-order valence-electron chi connectivity index (χ3n) is 2.60. The lowest BCUT2D eigenvalue weighted by molar-refractivity contribution is 0.474. The molecule has 2 aromatic carbocycles. The van der Waals surface area contributed by atoms with E-state index in [1.807, 2.05) is 0 Å². The highest BCUT2D eigenvalue weighted by atomic mass is 35.5. The number of sulfonamides is 1. The van der Waals surface area contributed by atoms with Gasteiger partial charge in [0.2, 0.25) is 10.0 Å². The Kier molecular flexibility index (Phi) is 4.27. The largest absolute Gasteiger partial charge is 0.508 e. The minimum atomic E-state index is -3.70. The van der Waals surface area contributed by atoms with Crippen molar-refractivity contribution < 1.29 is 17.9 Å². The molecular weight excluding hydrogens is 305 g/mol. The van der Waals surface area contributed by atoms with Crippen molar-refractivity contribution in [3.63, 3.8) is 0 Å². The second kappa shape index (κ2) is 5.78. The van der Waals surface area contributed by atoms with Gasteiger partial charge in [-0.05, 0) is 42.0 Å². The Balaban J connectivity index is 2.13. The maximum atomic E-state index is 13.0. The molecule has 0 fully saturated rings. The van der Waals surface area contributed by atoms with E-state index in [1.165, 1.54) is 42.5 Å². The first-order valence-electron chi connectivity index (χ1n) is 5.61. The molecule has 0 aromatic heterocycles. The zero-order chi connectivity index (χ0) is 14.8. The van der Waals surface area contributed by atoms with Gasteiger partial charge in [-0.15, -0.1) is 0 Å². The molecule has 0 radical (unpaired) electrons. The second-order valence-corrected chi connectivity index (χ2v) is 6.24. The molecule has 0 aliphatic rings. The summed E-state index contributed by atoms with van der Waals surface area (Å²) in [4.78, 5) is 0.0310. The topological polar surface area (TPSA) is 66.4 Å². The lowest BCUT2D eigenvalue weighted by atomic mass is 10.2. The molecule has 0 saturated heterocycles. The van der Waals surface area contributed by atoms with Crippen molar-refractivity contribution in [1.82, 2.24) is 4.72 Å². The number of aromatic hydroxyl groups is 1. The molecular formula is C13H11ClFNO3S. The third kappa shape index (κ3) is 3.47. The van der Waals surface area contributed by atoms with E-state index in [0.717, 1.165) is 0 Å². The van der Waals surface area contributed by atoms with Gasteiger partial charge in [0.1, 0.15) is 11.6 Å². The van der Waals surface area contributed by atoms with E-state index in [9.17, 15) is 12.8 Å². The number of halogens is 2. The summed E-state index contributed by atoms with van der Waals surface area (Å²) in [7, 11) is -3.70. The van der Waals surface area contributed by atoms with Crippen LogP contribution in [0.2, 0.25) is 5.02 Å². The number of hydrogen-bond acceptors (Lipinski definition) is 3. The Labute approximate surface area is 120 Å². The van der Waals surface area contributed by atoms with Crippen LogP contribution in [0.4, 0.5) is 4.39 Å². The van der Waals surface area contributed by atoms with Crippen molar-refractivity contribution in [1.29, 1.82) is 0 Å². The number of rotatable bonds is 4. The molecule has 0 saturated carbocycles. The van der Waals surface area contributed by atoms with Gasteiger partial charge in [-0.25, -0.2) is 17.5 Å². The maximum absolute atomic E-state index is 13.0. The zero-order valence-corrected chi connectivity index (χ0v) is 11.7. The van der Waals surface area contributed by atoms with Crippen LogP contribution < -0.4 is 4.72 Å². The van der Waals surface area contributed by atoms with Gasteiger partial charge >= 0.3 is 0 Å². The number of hydrogen-bond donors (Lipinski definition) is 2. The second-order valence-electron chi connectivity index (χ2n) is 4.07. The Hall–Kier alpha value is -1.63. The lowest BCUT2D eigenvalue weighted by Crippen LogP contribution is -2.23. The normalized spacial score (nSPS) is 11.5. The van der Waals surface area contributed by atoms with Crippen molar-refractivity contribution in [3.05, 3.63) is 58.9 Å². The van der Waals surface area contributed by atoms with Crippen LogP contribution in [0.15, 0.2) is 47.4 Å². The molecule has 0 atom stereocenters. The fourth-order valence-corrected chi connectivity index (χ4v) is 2.76. The average molecular weight is 316 g/mol. The zero-order valence-electron chi connectivity index (χ0n) is 10.2. The fourth-order valence-electron chi connectivity index (χ4n) is 1.54. The summed E-state index contributed by atoms with van der Waals surface area (Å²) in [6.07, 6.45) is 0. The van der Waals surface area contributed by atoms with E-state index in [4.69, 9.17) is 16.7 Å². The molecule has 20 heavy (non-hydrogen) atoms. The summed E-state index contributed by atoms with van der Waals surface area (Å²) >= 11 is 5.62. The third-order valence-corrected chi connectivity index (χ3v) is 4.30. The summed E-state index contributed by atoms with van der Waals surface area (Å²) < 4.78 is 39.3. The van der Waals surface area contributed by atoms with E-state index in [0.29, 0.717) is 5.56 Å². The van der Waals surface area contributed by atoms with Gasteiger partial charge in [-0.2, -0.15) is 0 Å². The van der Waals surface area contributed by atoms with Crippen molar-refractivity contribution in [2.75, 3.05) is 0 Å². The minimum absolute atomic E-state index is 0.0107. The molecule has 4 nitrogen and oxygen atoms in total. The smallest absolute Gasteiger partial charge is 0.240 e. The molecule has 0 bridgehead atoms. The molecule has 2 N–H and O–H groups in total. The van der Waals surface area contributed by atoms with E-state index in [-0.39, 0.29) is 22.2 Å². The molecule has 0 amide bonds. The van der Waals surface area contributed by atoms with Crippen molar-refractivity contribution in [3.8, 4) is 5.75 Å². The van der Waals surface area contributed by atoms with E-state index in [1.54, 1.807) is 0 Å². The quantitative estimate of drug-likeness (QED) is 0.911. The van der Waals surface area contributed by atoms with Crippen LogP contribution >= 0.6 is 11.6 Å². The summed E-state index contributed by atoms with van der Waals surface area (Å²) in [5.74, 6) is -0.578. The van der Waals surface area contributed by atoms with E-state index < -0.39 is 15.8 Å². The van der Waals surface area contributed by atoms with Crippen molar-refractivity contribution in [2.45, 2.75) is 11.4 Å². The van der Waals surface area contributed by atoms with Crippen molar-refractivity contribution >= 4 is 21.6 Å². The molecule has 0 aliphatic heterocycles. The predicted octanol–water partition coefficient (Wildman–Crippen LogP) is 2.66. The van der Waals surface area contributed by atoms with E-state index in [2.05, 4.69) is 4.72 Å². The fraction of sp³-hybridized carbons (Fsp3) is 0.0769. The molecule has 0 aliphatic carbocycles. The molecule has 0 unspecified atom stereocenters. The van der Waals surface area contributed by atoms with Crippen LogP contribution in [-0.4, -0.2) is 13.5 Å². The number of phenols is 1. The Morgan fingerprint density at radius 1 is 1.15 bits per heavy atom. The molecule has 2 aromatic rings. The maximum Gasteiger partial charge on any atom is 0.240 e. The average Bonchev–Trinajstić information content (AvgIpc) is 2.41. The van der Waals surface area contributed by atoms with E-state index >= 15 is 0 Å². The number of nitrogens with one attached hydrogen (secondary N) is 1. The highest BCUT2D eigenvalue weighted by Gasteiger charge is 2.13. The summed E-state index contributed by atoms with van der Waals surface area (Å²) in [6, 6.07) is 9.11. The van der Waals surface area contributed by atoms with Gasteiger partial charge in [-0.3, -0.25) is 0 Å². The van der Waals surface area contributed by atoms with Gasteiger partial charge in [0, 0.05) is 6.54 Å². The van der Waals surface area contributed by atoms with Gasteiger partial charge in [-0.1, -0.05) is 17.7 Å². The molecule has 7 heteroatoms. The Morgan fingerprint density at radius 2 is 1.80 bits per heavy atom. The minimum Gasteiger partial charge on any atom is -0.508 e. The molecule has 0 spiro atoms. The highest BCUT2D eigenvalue weighted by molar-refractivity contribution is 7.89. The Bertz CT molecular complexity index is 717. The summed E-state index contributed by atoms with van der Waals surface area (Å²) in [5.41, 5.74) is 0.541. The van der Waals surface area contributed by atoms with Crippen LogP contribution in [0.25, 0.3) is 0 Å². The first-order valence-corrected chi connectivity index (χ1v) is 7.47. The first kappa shape index (κ1) is 14.8. The lowest BCUT2D eigenvalue weighted by Gasteiger charge is -2.07. The molecule has 106 valence electrons. The van der Waals surface area contributed by atoms with Gasteiger partial charge < -0.3 is 5.11 Å². The Morgan fingerprint density at radius 3 is 2.40 bits per heavy atom. The van der Waals surface area contributed by atoms with Crippen LogP contribution in [0.1, 0.15) is 5.56 Å². The van der Waals surface area contributed by atoms with Crippen molar-refractivity contribution in [2.24, 2.45) is 0 Å². The summed E-state index contributed by atoms with van der Waals surface area (Å²) in [5, 5.41) is 9.06. The number of phenolic OH excluding ortho intramolecular Hbond substituents is 1. The van der Waals surface area contributed by atoms with Crippen LogP contribution in [0, 0.1) is 5.82 Å². The molecule has 2 rings (SSSR count). The summed E-state index contributed by atoms with van der Waals surface area (Å²) in [6.45, 7) is -0.0107. The highest BCUT2D eigenvalue weighted by Crippen LogP contribution is 2.17. The van der Waals surface area contributed by atoms with Crippen LogP contribution in [0.3, 0.4) is 0 Å². The van der Waals surface area contributed by atoms with Crippen LogP contribution in [-0.2, 0) is 16.6 Å². The standard InChI is InChI=1S/C13H11ClFNO3S/c14-12-7-9(1-6-13(12)15)8-16-20(18,19)11-4-2-10(17)3-5-11/h1-7,16-17H,8H2. The van der Waals surface area contributed by atoms with Gasteiger partial charge in [0.05, 0.1) is 9.92 Å². The number of benzene rings is 2. The molecule has 0 heterocycles. The van der Waals surface area contributed by atoms with Gasteiger partial charge in [0.15, 0.2) is 0 Å². The first-order chi connectivity index (χ1) is 9.38. The van der Waals surface area contributed by atoms with Crippen LogP contribution in [0.5, 0.6) is 5.75 Å².